The number of rotatable bonds is 7. The van der Waals surface area contributed by atoms with E-state index in [2.05, 4.69) is 30.2 Å². The fraction of sp³-hybridized carbons (Fsp3) is 0.643. The maximum atomic E-state index is 9.14. The van der Waals surface area contributed by atoms with Crippen LogP contribution < -0.4 is 5.32 Å². The lowest BCUT2D eigenvalue weighted by Crippen LogP contribution is -2.21. The molecule has 0 saturated carbocycles. The third kappa shape index (κ3) is 5.29. The minimum Gasteiger partial charge on any atom is -0.396 e. The Balaban J connectivity index is 2.19. The highest BCUT2D eigenvalue weighted by Crippen LogP contribution is 2.20. The summed E-state index contributed by atoms with van der Waals surface area (Å²) in [5.74, 6) is 0. The van der Waals surface area contributed by atoms with E-state index in [0.29, 0.717) is 0 Å². The molecule has 0 spiro atoms. The molecule has 1 aromatic rings. The van der Waals surface area contributed by atoms with Crippen molar-refractivity contribution in [3.05, 3.63) is 29.6 Å². The van der Waals surface area contributed by atoms with Gasteiger partial charge < -0.3 is 10.4 Å². The van der Waals surface area contributed by atoms with Gasteiger partial charge in [-0.1, -0.05) is 19.9 Å². The van der Waals surface area contributed by atoms with Gasteiger partial charge in [0.25, 0.3) is 0 Å². The molecule has 0 aliphatic carbocycles. The lowest BCUT2D eigenvalue weighted by molar-refractivity contribution is 0.148. The Labute approximate surface area is 104 Å². The smallest absolute Gasteiger partial charge is 0.0482 e. The van der Waals surface area contributed by atoms with Gasteiger partial charge in [0.05, 0.1) is 0 Å². The third-order valence-corrected chi connectivity index (χ3v) is 3.07. The number of pyridine rings is 1. The quantitative estimate of drug-likeness (QED) is 0.714. The Morgan fingerprint density at radius 2 is 2.18 bits per heavy atom. The van der Waals surface area contributed by atoms with Crippen molar-refractivity contribution in [3.8, 4) is 0 Å². The Bertz CT molecular complexity index is 337. The van der Waals surface area contributed by atoms with Gasteiger partial charge in [0, 0.05) is 25.0 Å². The number of nitrogens with zero attached hydrogens (tertiary/aromatic N) is 1. The van der Waals surface area contributed by atoms with Crippen LogP contribution in [0, 0.1) is 12.3 Å². The summed E-state index contributed by atoms with van der Waals surface area (Å²) in [6.45, 7) is 8.34. The van der Waals surface area contributed by atoms with Crippen LogP contribution in [0.3, 0.4) is 0 Å². The Hall–Kier alpha value is -0.930. The maximum Gasteiger partial charge on any atom is 0.0482 e. The van der Waals surface area contributed by atoms with E-state index in [9.17, 15) is 0 Å². The molecule has 0 aromatic carbocycles. The highest BCUT2D eigenvalue weighted by atomic mass is 16.3. The number of aliphatic hydroxyl groups excluding tert-OH is 1. The van der Waals surface area contributed by atoms with Crippen molar-refractivity contribution in [2.75, 3.05) is 13.2 Å². The first-order valence-corrected chi connectivity index (χ1v) is 6.27. The van der Waals surface area contributed by atoms with E-state index in [-0.39, 0.29) is 12.0 Å². The van der Waals surface area contributed by atoms with Crippen LogP contribution in [0.4, 0.5) is 0 Å². The van der Waals surface area contributed by atoms with Gasteiger partial charge in [-0.15, -0.1) is 0 Å². The molecular weight excluding hydrogens is 212 g/mol. The number of aryl methyl sites for hydroxylation is 1. The molecule has 0 amide bonds. The lowest BCUT2D eigenvalue weighted by Gasteiger charge is -2.21. The standard InChI is InChI=1S/C14H24N2O/c1-12-13(6-4-9-16-12)10-15-8-5-7-14(2,3)11-17/h4,6,9,15,17H,5,7-8,10-11H2,1-3H3. The largest absolute Gasteiger partial charge is 0.396 e. The predicted octanol–water partition coefficient (Wildman–Crippen LogP) is 2.28. The molecule has 96 valence electrons. The normalized spacial score (nSPS) is 11.8. The van der Waals surface area contributed by atoms with Crippen LogP contribution in [0.2, 0.25) is 0 Å². The lowest BCUT2D eigenvalue weighted by atomic mass is 9.89. The molecule has 1 rings (SSSR count). The number of hydrogen-bond donors (Lipinski definition) is 2. The van der Waals surface area contributed by atoms with E-state index < -0.39 is 0 Å². The monoisotopic (exact) mass is 236 g/mol. The first-order valence-electron chi connectivity index (χ1n) is 6.27. The van der Waals surface area contributed by atoms with Crippen molar-refractivity contribution in [1.29, 1.82) is 0 Å². The van der Waals surface area contributed by atoms with Crippen molar-refractivity contribution in [1.82, 2.24) is 10.3 Å². The molecule has 3 nitrogen and oxygen atoms in total. The summed E-state index contributed by atoms with van der Waals surface area (Å²) in [7, 11) is 0. The fourth-order valence-corrected chi connectivity index (χ4v) is 1.70. The summed E-state index contributed by atoms with van der Waals surface area (Å²) in [5, 5.41) is 12.6. The summed E-state index contributed by atoms with van der Waals surface area (Å²) in [4.78, 5) is 4.26. The van der Waals surface area contributed by atoms with Crippen LogP contribution in [-0.4, -0.2) is 23.2 Å². The van der Waals surface area contributed by atoms with Crippen LogP contribution >= 0.6 is 0 Å². The Morgan fingerprint density at radius 3 is 2.82 bits per heavy atom. The molecule has 0 unspecified atom stereocenters. The van der Waals surface area contributed by atoms with E-state index in [1.165, 1.54) is 5.56 Å². The number of aliphatic hydroxyl groups is 1. The predicted molar refractivity (Wildman–Crippen MR) is 70.8 cm³/mol. The molecular formula is C14H24N2O. The third-order valence-electron chi connectivity index (χ3n) is 3.07. The molecule has 0 aliphatic heterocycles. The molecule has 17 heavy (non-hydrogen) atoms. The molecule has 0 aliphatic rings. The van der Waals surface area contributed by atoms with Gasteiger partial charge in [-0.2, -0.15) is 0 Å². The average Bonchev–Trinajstić information content (AvgIpc) is 2.31. The zero-order chi connectivity index (χ0) is 12.7. The minimum atomic E-state index is 0.0475. The molecule has 1 heterocycles. The maximum absolute atomic E-state index is 9.14. The second-order valence-corrected chi connectivity index (χ2v) is 5.35. The molecule has 3 heteroatoms. The van der Waals surface area contributed by atoms with Crippen LogP contribution in [-0.2, 0) is 6.54 Å². The van der Waals surface area contributed by atoms with Gasteiger partial charge in [-0.25, -0.2) is 0 Å². The molecule has 0 fully saturated rings. The van der Waals surface area contributed by atoms with E-state index in [1.807, 2.05) is 19.2 Å². The minimum absolute atomic E-state index is 0.0475. The van der Waals surface area contributed by atoms with Gasteiger partial charge in [-0.3, -0.25) is 4.98 Å². The molecule has 0 saturated heterocycles. The second kappa shape index (κ2) is 6.72. The first-order chi connectivity index (χ1) is 8.05. The average molecular weight is 236 g/mol. The van der Waals surface area contributed by atoms with Crippen molar-refractivity contribution < 1.29 is 5.11 Å². The highest BCUT2D eigenvalue weighted by Gasteiger charge is 2.15. The zero-order valence-corrected chi connectivity index (χ0v) is 11.2. The molecule has 0 atom stereocenters. The van der Waals surface area contributed by atoms with E-state index in [1.54, 1.807) is 0 Å². The second-order valence-electron chi connectivity index (χ2n) is 5.35. The van der Waals surface area contributed by atoms with Crippen LogP contribution in [0.5, 0.6) is 0 Å². The van der Waals surface area contributed by atoms with Crippen molar-refractivity contribution in [2.45, 2.75) is 40.2 Å². The van der Waals surface area contributed by atoms with Crippen molar-refractivity contribution in [2.24, 2.45) is 5.41 Å². The number of aromatic nitrogens is 1. The van der Waals surface area contributed by atoms with E-state index in [4.69, 9.17) is 5.11 Å². The van der Waals surface area contributed by atoms with E-state index in [0.717, 1.165) is 31.6 Å². The Kier molecular flexibility index (Phi) is 5.59. The van der Waals surface area contributed by atoms with Gasteiger partial charge in [0.15, 0.2) is 0 Å². The van der Waals surface area contributed by atoms with Crippen molar-refractivity contribution >= 4 is 0 Å². The van der Waals surface area contributed by atoms with Gasteiger partial charge in [-0.05, 0) is 43.4 Å². The Morgan fingerprint density at radius 1 is 1.41 bits per heavy atom. The molecule has 1 aromatic heterocycles. The summed E-state index contributed by atoms with van der Waals surface area (Å²) in [6.07, 6.45) is 3.96. The fourth-order valence-electron chi connectivity index (χ4n) is 1.70. The van der Waals surface area contributed by atoms with Gasteiger partial charge >= 0.3 is 0 Å². The number of nitrogens with one attached hydrogen (secondary N) is 1. The SMILES string of the molecule is Cc1ncccc1CNCCCC(C)(C)CO. The topological polar surface area (TPSA) is 45.2 Å². The summed E-state index contributed by atoms with van der Waals surface area (Å²) < 4.78 is 0. The summed E-state index contributed by atoms with van der Waals surface area (Å²) >= 11 is 0. The van der Waals surface area contributed by atoms with Crippen molar-refractivity contribution in [3.63, 3.8) is 0 Å². The molecule has 0 radical (unpaired) electrons. The van der Waals surface area contributed by atoms with Crippen LogP contribution in [0.25, 0.3) is 0 Å². The van der Waals surface area contributed by atoms with E-state index >= 15 is 0 Å². The summed E-state index contributed by atoms with van der Waals surface area (Å²) in [5.41, 5.74) is 2.40. The highest BCUT2D eigenvalue weighted by molar-refractivity contribution is 5.17. The van der Waals surface area contributed by atoms with Gasteiger partial charge in [0.1, 0.15) is 0 Å². The van der Waals surface area contributed by atoms with Crippen LogP contribution in [0.1, 0.15) is 37.9 Å². The number of hydrogen-bond acceptors (Lipinski definition) is 3. The molecule has 2 N–H and O–H groups in total. The zero-order valence-electron chi connectivity index (χ0n) is 11.2. The first kappa shape index (κ1) is 14.1. The summed E-state index contributed by atoms with van der Waals surface area (Å²) in [6, 6.07) is 4.08. The molecule has 0 bridgehead atoms. The van der Waals surface area contributed by atoms with Gasteiger partial charge in [0.2, 0.25) is 0 Å². The van der Waals surface area contributed by atoms with Crippen LogP contribution in [0.15, 0.2) is 18.3 Å².